The van der Waals surface area contributed by atoms with Crippen LogP contribution in [0.1, 0.15) is 5.56 Å². The van der Waals surface area contributed by atoms with Crippen molar-refractivity contribution in [2.75, 3.05) is 6.26 Å². The minimum absolute atomic E-state index is 0.0641. The third-order valence-corrected chi connectivity index (χ3v) is 6.44. The Bertz CT molecular complexity index is 1940. The molecule has 0 spiro atoms. The maximum absolute atomic E-state index is 15.7. The molecule has 190 valence electrons. The highest BCUT2D eigenvalue weighted by atomic mass is 32.2. The van der Waals surface area contributed by atoms with Crippen molar-refractivity contribution in [2.24, 2.45) is 0 Å². The zero-order valence-corrected chi connectivity index (χ0v) is 20.4. The molecule has 3 N–H and O–H groups in total. The number of sulfonamides is 1. The van der Waals surface area contributed by atoms with Gasteiger partial charge in [-0.1, -0.05) is 0 Å². The van der Waals surface area contributed by atoms with E-state index < -0.39 is 21.7 Å². The number of hydrogen-bond acceptors (Lipinski definition) is 8. The quantitative estimate of drug-likeness (QED) is 0.294. The molecule has 0 amide bonds. The first-order valence-corrected chi connectivity index (χ1v) is 13.0. The third-order valence-electron chi connectivity index (χ3n) is 5.77. The summed E-state index contributed by atoms with van der Waals surface area (Å²) in [5, 5.41) is 7.21. The summed E-state index contributed by atoms with van der Waals surface area (Å²) in [4.78, 5) is 24.2. The summed E-state index contributed by atoms with van der Waals surface area (Å²) in [5.74, 6) is -0.920. The third kappa shape index (κ3) is 4.35. The number of H-pyrrole nitrogens is 2. The van der Waals surface area contributed by atoms with Gasteiger partial charge in [0, 0.05) is 36.3 Å². The summed E-state index contributed by atoms with van der Waals surface area (Å²) >= 11 is 0. The van der Waals surface area contributed by atoms with E-state index in [1.54, 1.807) is 12.1 Å². The number of halogens is 2. The Labute approximate surface area is 213 Å². The molecular formula is C24H17F2N9O2S. The number of nitrogens with zero attached hydrogens (tertiary/aromatic N) is 6. The first kappa shape index (κ1) is 23.7. The van der Waals surface area contributed by atoms with E-state index in [0.717, 1.165) is 6.26 Å². The van der Waals surface area contributed by atoms with E-state index in [2.05, 4.69) is 44.8 Å². The average Bonchev–Trinajstić information content (AvgIpc) is 3.52. The number of aromatic nitrogens is 8. The van der Waals surface area contributed by atoms with Crippen molar-refractivity contribution in [1.29, 1.82) is 0 Å². The van der Waals surface area contributed by atoms with Gasteiger partial charge in [-0.15, -0.1) is 0 Å². The van der Waals surface area contributed by atoms with Crippen LogP contribution in [0, 0.1) is 11.6 Å². The highest BCUT2D eigenvalue weighted by molar-refractivity contribution is 7.88. The van der Waals surface area contributed by atoms with E-state index in [0.29, 0.717) is 38.9 Å². The van der Waals surface area contributed by atoms with Crippen molar-refractivity contribution >= 4 is 32.0 Å². The minimum atomic E-state index is -3.47. The van der Waals surface area contributed by atoms with Crippen molar-refractivity contribution < 1.29 is 17.2 Å². The van der Waals surface area contributed by atoms with E-state index in [4.69, 9.17) is 0 Å². The Balaban J connectivity index is 1.46. The highest BCUT2D eigenvalue weighted by Crippen LogP contribution is 2.34. The van der Waals surface area contributed by atoms with Crippen LogP contribution in [0.3, 0.4) is 0 Å². The number of nitrogens with one attached hydrogen (secondary N) is 3. The SMILES string of the molecule is CS(=O)(=O)NCc1cc(F)cc(-c2nccc3[nH]c(-c4n[nH]c5cnc(-c6cncnc6)c(F)c45)nc23)c1. The lowest BCUT2D eigenvalue weighted by molar-refractivity contribution is 0.586. The lowest BCUT2D eigenvalue weighted by Gasteiger charge is -2.07. The molecule has 5 aromatic heterocycles. The monoisotopic (exact) mass is 533 g/mol. The predicted octanol–water partition coefficient (Wildman–Crippen LogP) is 3.35. The predicted molar refractivity (Wildman–Crippen MR) is 135 cm³/mol. The first-order valence-electron chi connectivity index (χ1n) is 11.1. The largest absolute Gasteiger partial charge is 0.336 e. The number of rotatable bonds is 6. The standard InChI is InChI=1S/C24H17F2N9O2S/c1-38(36,37)31-7-12-4-13(6-15(25)5-12)21-22-16(2-3-29-21)32-24(33-22)23-18-17(34-35-23)10-30-20(19(18)26)14-8-27-11-28-9-14/h2-6,8-11,31H,7H2,1H3,(H,32,33)(H,34,35). The normalized spacial score (nSPS) is 12.0. The van der Waals surface area contributed by atoms with Gasteiger partial charge in [-0.25, -0.2) is 36.9 Å². The Kier molecular flexibility index (Phi) is 5.61. The molecule has 0 unspecified atom stereocenters. The molecular weight excluding hydrogens is 516 g/mol. The lowest BCUT2D eigenvalue weighted by atomic mass is 10.1. The molecule has 0 radical (unpaired) electrons. The van der Waals surface area contributed by atoms with Gasteiger partial charge in [0.2, 0.25) is 10.0 Å². The van der Waals surface area contributed by atoms with Crippen LogP contribution in [0.25, 0.3) is 56.0 Å². The Hall–Kier alpha value is -4.69. The van der Waals surface area contributed by atoms with Crippen LogP contribution < -0.4 is 4.72 Å². The summed E-state index contributed by atoms with van der Waals surface area (Å²) in [6.45, 7) is -0.0905. The second kappa shape index (κ2) is 9.00. The molecule has 6 rings (SSSR count). The van der Waals surface area contributed by atoms with Gasteiger partial charge in [0.15, 0.2) is 11.6 Å². The zero-order valence-electron chi connectivity index (χ0n) is 19.6. The van der Waals surface area contributed by atoms with Crippen LogP contribution in [-0.4, -0.2) is 54.8 Å². The number of benzene rings is 1. The summed E-state index contributed by atoms with van der Waals surface area (Å²) in [5.41, 5.74) is 3.18. The molecule has 11 nitrogen and oxygen atoms in total. The van der Waals surface area contributed by atoms with Gasteiger partial charge in [-0.05, 0) is 29.8 Å². The van der Waals surface area contributed by atoms with Gasteiger partial charge < -0.3 is 4.98 Å². The van der Waals surface area contributed by atoms with Crippen LogP contribution in [0.5, 0.6) is 0 Å². The van der Waals surface area contributed by atoms with Gasteiger partial charge >= 0.3 is 0 Å². The zero-order chi connectivity index (χ0) is 26.4. The van der Waals surface area contributed by atoms with Crippen molar-refractivity contribution in [2.45, 2.75) is 6.54 Å². The van der Waals surface area contributed by atoms with E-state index in [1.165, 1.54) is 43.2 Å². The molecule has 14 heteroatoms. The van der Waals surface area contributed by atoms with Crippen molar-refractivity contribution in [1.82, 2.24) is 44.8 Å². The van der Waals surface area contributed by atoms with Crippen LogP contribution in [0.2, 0.25) is 0 Å². The van der Waals surface area contributed by atoms with Gasteiger partial charge in [0.05, 0.1) is 34.6 Å². The lowest BCUT2D eigenvalue weighted by Crippen LogP contribution is -2.21. The fraction of sp³-hybridized carbons (Fsp3) is 0.0833. The fourth-order valence-electron chi connectivity index (χ4n) is 4.13. The smallest absolute Gasteiger partial charge is 0.209 e. The van der Waals surface area contributed by atoms with Crippen molar-refractivity contribution in [3.8, 4) is 34.0 Å². The Morgan fingerprint density at radius 3 is 2.55 bits per heavy atom. The molecule has 0 aliphatic carbocycles. The molecule has 0 saturated heterocycles. The van der Waals surface area contributed by atoms with Crippen molar-refractivity contribution in [3.63, 3.8) is 0 Å². The molecule has 0 atom stereocenters. The maximum Gasteiger partial charge on any atom is 0.209 e. The van der Waals surface area contributed by atoms with Crippen LogP contribution in [0.15, 0.2) is 55.4 Å². The topological polar surface area (TPSA) is 155 Å². The number of imidazole rings is 1. The van der Waals surface area contributed by atoms with E-state index in [1.807, 2.05) is 0 Å². The molecule has 6 aromatic rings. The molecule has 38 heavy (non-hydrogen) atoms. The molecule has 1 aromatic carbocycles. The number of pyridine rings is 2. The minimum Gasteiger partial charge on any atom is -0.336 e. The van der Waals surface area contributed by atoms with Gasteiger partial charge in [0.1, 0.15) is 29.0 Å². The summed E-state index contributed by atoms with van der Waals surface area (Å²) in [6.07, 6.45) is 8.27. The Morgan fingerprint density at radius 1 is 0.947 bits per heavy atom. The molecule has 0 fully saturated rings. The maximum atomic E-state index is 15.7. The average molecular weight is 534 g/mol. The summed E-state index contributed by atoms with van der Waals surface area (Å²) < 4.78 is 55.4. The van der Waals surface area contributed by atoms with Gasteiger partial charge in [-0.2, -0.15) is 5.10 Å². The van der Waals surface area contributed by atoms with E-state index in [9.17, 15) is 12.8 Å². The molecule has 0 aliphatic rings. The number of hydrogen-bond donors (Lipinski definition) is 3. The van der Waals surface area contributed by atoms with E-state index >= 15 is 4.39 Å². The molecule has 0 aliphatic heterocycles. The number of aromatic amines is 2. The van der Waals surface area contributed by atoms with Crippen LogP contribution in [-0.2, 0) is 16.6 Å². The van der Waals surface area contributed by atoms with Crippen LogP contribution in [0.4, 0.5) is 8.78 Å². The molecule has 0 bridgehead atoms. The van der Waals surface area contributed by atoms with E-state index in [-0.39, 0.29) is 29.1 Å². The van der Waals surface area contributed by atoms with Crippen LogP contribution >= 0.6 is 0 Å². The summed E-state index contributed by atoms with van der Waals surface area (Å²) in [6, 6.07) is 5.82. The number of fused-ring (bicyclic) bond motifs is 2. The highest BCUT2D eigenvalue weighted by Gasteiger charge is 2.21. The first-order chi connectivity index (χ1) is 18.3. The van der Waals surface area contributed by atoms with Crippen molar-refractivity contribution in [3.05, 3.63) is 72.6 Å². The Morgan fingerprint density at radius 2 is 1.76 bits per heavy atom. The van der Waals surface area contributed by atoms with Gasteiger partial charge in [0.25, 0.3) is 0 Å². The fourth-order valence-corrected chi connectivity index (χ4v) is 4.56. The van der Waals surface area contributed by atoms with Gasteiger partial charge in [-0.3, -0.25) is 15.1 Å². The molecule has 0 saturated carbocycles. The second-order valence-electron chi connectivity index (χ2n) is 8.49. The summed E-state index contributed by atoms with van der Waals surface area (Å²) in [7, 11) is -3.47. The second-order valence-corrected chi connectivity index (χ2v) is 10.3. The molecule has 5 heterocycles.